The van der Waals surface area contributed by atoms with E-state index in [2.05, 4.69) is 17.4 Å². The van der Waals surface area contributed by atoms with Crippen molar-refractivity contribution in [1.29, 1.82) is 0 Å². The summed E-state index contributed by atoms with van der Waals surface area (Å²) in [5.74, 6) is -0.151. The Morgan fingerprint density at radius 3 is 2.42 bits per heavy atom. The number of hydrogen-bond donors (Lipinski definition) is 1. The molecule has 0 spiro atoms. The molecule has 0 aromatic heterocycles. The van der Waals surface area contributed by atoms with E-state index in [9.17, 15) is 4.79 Å². The van der Waals surface area contributed by atoms with Gasteiger partial charge in [0.1, 0.15) is 0 Å². The molecule has 0 unspecified atom stereocenters. The van der Waals surface area contributed by atoms with E-state index < -0.39 is 0 Å². The van der Waals surface area contributed by atoms with E-state index in [0.717, 1.165) is 18.4 Å². The van der Waals surface area contributed by atoms with Gasteiger partial charge in [-0.25, -0.2) is 0 Å². The summed E-state index contributed by atoms with van der Waals surface area (Å²) in [6.45, 7) is 0.476. The van der Waals surface area contributed by atoms with Gasteiger partial charge in [-0.3, -0.25) is 4.79 Å². The van der Waals surface area contributed by atoms with Crippen molar-refractivity contribution >= 4 is 23.6 Å². The molecule has 1 aliphatic carbocycles. The van der Waals surface area contributed by atoms with Crippen molar-refractivity contribution in [3.8, 4) is 0 Å². The largest absolute Gasteiger partial charge is 0.376 e. The predicted octanol–water partition coefficient (Wildman–Crippen LogP) is 3.65. The summed E-state index contributed by atoms with van der Waals surface area (Å²) < 4.78 is 5.75. The highest BCUT2D eigenvalue weighted by Gasteiger charge is 2.37. The van der Waals surface area contributed by atoms with E-state index in [4.69, 9.17) is 16.3 Å². The summed E-state index contributed by atoms with van der Waals surface area (Å²) in [6.07, 6.45) is 4.86. The fourth-order valence-electron chi connectivity index (χ4n) is 3.08. The van der Waals surface area contributed by atoms with Gasteiger partial charge in [-0.05, 0) is 28.8 Å². The Morgan fingerprint density at radius 1 is 1.17 bits per heavy atom. The van der Waals surface area contributed by atoms with Crippen molar-refractivity contribution in [3.63, 3.8) is 0 Å². The van der Waals surface area contributed by atoms with Crippen molar-refractivity contribution in [2.75, 3.05) is 13.7 Å². The van der Waals surface area contributed by atoms with Crippen molar-refractivity contribution in [3.05, 3.63) is 76.3 Å². The predicted molar refractivity (Wildman–Crippen MR) is 97.1 cm³/mol. The van der Waals surface area contributed by atoms with E-state index in [1.165, 1.54) is 17.2 Å². The first-order chi connectivity index (χ1) is 11.6. The molecule has 0 aliphatic heterocycles. The van der Waals surface area contributed by atoms with Gasteiger partial charge in [-0.2, -0.15) is 0 Å². The third-order valence-electron chi connectivity index (χ3n) is 4.48. The van der Waals surface area contributed by atoms with Crippen LogP contribution in [-0.2, 0) is 22.4 Å². The van der Waals surface area contributed by atoms with E-state index in [-0.39, 0.29) is 11.5 Å². The van der Waals surface area contributed by atoms with Gasteiger partial charge in [0.25, 0.3) is 0 Å². The molecular formula is C20H20ClNO2. The molecular weight excluding hydrogens is 322 g/mol. The molecule has 124 valence electrons. The lowest BCUT2D eigenvalue weighted by atomic mass is 10.00. The highest BCUT2D eigenvalue weighted by atomic mass is 35.5. The topological polar surface area (TPSA) is 38.3 Å². The summed E-state index contributed by atoms with van der Waals surface area (Å²) in [4.78, 5) is 12.1. The number of halogens is 1. The van der Waals surface area contributed by atoms with Crippen LogP contribution in [0.5, 0.6) is 0 Å². The first-order valence-electron chi connectivity index (χ1n) is 7.94. The minimum absolute atomic E-state index is 0.151. The Bertz CT molecular complexity index is 745. The molecule has 4 heteroatoms. The zero-order valence-electron chi connectivity index (χ0n) is 13.6. The fourth-order valence-corrected chi connectivity index (χ4v) is 3.28. The van der Waals surface area contributed by atoms with Gasteiger partial charge in [0.15, 0.2) is 0 Å². The summed E-state index contributed by atoms with van der Waals surface area (Å²) >= 11 is 6.08. The van der Waals surface area contributed by atoms with Crippen molar-refractivity contribution < 1.29 is 9.53 Å². The van der Waals surface area contributed by atoms with Crippen LogP contribution in [0.1, 0.15) is 16.7 Å². The van der Waals surface area contributed by atoms with Gasteiger partial charge in [0.2, 0.25) is 5.91 Å². The van der Waals surface area contributed by atoms with Crippen molar-refractivity contribution in [2.45, 2.75) is 18.4 Å². The molecule has 2 aromatic carbocycles. The van der Waals surface area contributed by atoms with Crippen molar-refractivity contribution in [1.82, 2.24) is 5.32 Å². The maximum absolute atomic E-state index is 12.1. The van der Waals surface area contributed by atoms with Gasteiger partial charge in [0.05, 0.1) is 5.60 Å². The molecule has 0 fully saturated rings. The highest BCUT2D eigenvalue weighted by Crippen LogP contribution is 2.32. The fraction of sp³-hybridized carbons (Fsp3) is 0.250. The van der Waals surface area contributed by atoms with Crippen LogP contribution in [-0.4, -0.2) is 25.2 Å². The van der Waals surface area contributed by atoms with E-state index in [1.807, 2.05) is 30.3 Å². The number of methoxy groups -OCH3 is 1. The van der Waals surface area contributed by atoms with Crippen LogP contribution in [0.2, 0.25) is 5.02 Å². The highest BCUT2D eigenvalue weighted by molar-refractivity contribution is 6.32. The Hall–Kier alpha value is -2.10. The smallest absolute Gasteiger partial charge is 0.244 e. The molecule has 0 saturated heterocycles. The van der Waals surface area contributed by atoms with Gasteiger partial charge in [-0.15, -0.1) is 0 Å². The number of rotatable bonds is 5. The van der Waals surface area contributed by atoms with Crippen LogP contribution in [0.3, 0.4) is 0 Å². The minimum atomic E-state index is -0.364. The minimum Gasteiger partial charge on any atom is -0.376 e. The number of nitrogens with one attached hydrogen (secondary N) is 1. The second-order valence-corrected chi connectivity index (χ2v) is 6.49. The average molecular weight is 342 g/mol. The number of ether oxygens (including phenoxy) is 1. The van der Waals surface area contributed by atoms with Gasteiger partial charge < -0.3 is 10.1 Å². The zero-order chi connectivity index (χ0) is 17.0. The Morgan fingerprint density at radius 2 is 1.79 bits per heavy atom. The molecule has 0 atom stereocenters. The summed E-state index contributed by atoms with van der Waals surface area (Å²) in [7, 11) is 1.71. The lowest BCUT2D eigenvalue weighted by Gasteiger charge is -2.27. The Balaban J connectivity index is 1.61. The van der Waals surface area contributed by atoms with E-state index in [0.29, 0.717) is 11.6 Å². The number of amides is 1. The maximum atomic E-state index is 12.1. The van der Waals surface area contributed by atoms with Crippen LogP contribution in [0.15, 0.2) is 54.6 Å². The van der Waals surface area contributed by atoms with E-state index in [1.54, 1.807) is 19.3 Å². The molecule has 0 radical (unpaired) electrons. The van der Waals surface area contributed by atoms with Gasteiger partial charge in [-0.1, -0.05) is 54.1 Å². The van der Waals surface area contributed by atoms with Crippen molar-refractivity contribution in [2.24, 2.45) is 0 Å². The lowest BCUT2D eigenvalue weighted by Crippen LogP contribution is -2.44. The normalized spacial score (nSPS) is 15.4. The SMILES string of the molecule is COC1(CNC(=O)C=Cc2ccccc2Cl)Cc2ccccc2C1. The molecule has 1 N–H and O–H groups in total. The summed E-state index contributed by atoms with van der Waals surface area (Å²) in [5, 5.41) is 3.57. The maximum Gasteiger partial charge on any atom is 0.244 e. The summed E-state index contributed by atoms with van der Waals surface area (Å²) in [6, 6.07) is 15.7. The third kappa shape index (κ3) is 3.69. The van der Waals surface area contributed by atoms with Crippen LogP contribution in [0.4, 0.5) is 0 Å². The monoisotopic (exact) mass is 341 g/mol. The molecule has 2 aromatic rings. The molecule has 0 saturated carbocycles. The summed E-state index contributed by atoms with van der Waals surface area (Å²) in [5.41, 5.74) is 3.04. The quantitative estimate of drug-likeness (QED) is 0.843. The number of fused-ring (bicyclic) bond motifs is 1. The molecule has 1 aliphatic rings. The van der Waals surface area contributed by atoms with Crippen LogP contribution in [0, 0.1) is 0 Å². The number of benzene rings is 2. The van der Waals surface area contributed by atoms with Gasteiger partial charge >= 0.3 is 0 Å². The number of hydrogen-bond acceptors (Lipinski definition) is 2. The van der Waals surface area contributed by atoms with Gasteiger partial charge in [0, 0.05) is 37.6 Å². The van der Waals surface area contributed by atoms with E-state index >= 15 is 0 Å². The standard InChI is InChI=1S/C20H20ClNO2/c1-24-20(12-16-7-2-3-8-17(16)13-20)14-22-19(23)11-10-15-6-4-5-9-18(15)21/h2-11H,12-14H2,1H3,(H,22,23). The zero-order valence-corrected chi connectivity index (χ0v) is 14.3. The Kier molecular flexibility index (Phi) is 5.03. The molecule has 0 heterocycles. The van der Waals surface area contributed by atoms with Crippen LogP contribution >= 0.6 is 11.6 Å². The Labute approximate surface area is 147 Å². The molecule has 24 heavy (non-hydrogen) atoms. The molecule has 0 bridgehead atoms. The molecule has 1 amide bonds. The first-order valence-corrected chi connectivity index (χ1v) is 8.32. The molecule has 3 rings (SSSR count). The lowest BCUT2D eigenvalue weighted by molar-refractivity contribution is -0.118. The third-order valence-corrected chi connectivity index (χ3v) is 4.83. The first kappa shape index (κ1) is 16.7. The molecule has 3 nitrogen and oxygen atoms in total. The average Bonchev–Trinajstić information content (AvgIpc) is 2.98. The second-order valence-electron chi connectivity index (χ2n) is 6.08. The number of carbonyl (C=O) groups excluding carboxylic acids is 1. The van der Waals surface area contributed by atoms with Crippen LogP contribution < -0.4 is 5.32 Å². The van der Waals surface area contributed by atoms with Crippen LogP contribution in [0.25, 0.3) is 6.08 Å². The number of carbonyl (C=O) groups is 1. The second kappa shape index (κ2) is 7.20.